The molecule has 1 heterocycles. The third-order valence-corrected chi connectivity index (χ3v) is 5.09. The Morgan fingerprint density at radius 3 is 2.70 bits per heavy atom. The lowest BCUT2D eigenvalue weighted by Crippen LogP contribution is -2.37. The second kappa shape index (κ2) is 8.48. The highest BCUT2D eigenvalue weighted by molar-refractivity contribution is 6.09. The van der Waals surface area contributed by atoms with Crippen molar-refractivity contribution in [2.75, 3.05) is 27.4 Å². The Bertz CT molecular complexity index is 796. The summed E-state index contributed by atoms with van der Waals surface area (Å²) >= 11 is 0. The van der Waals surface area contributed by atoms with E-state index in [1.165, 1.54) is 0 Å². The van der Waals surface area contributed by atoms with Gasteiger partial charge in [-0.2, -0.15) is 0 Å². The number of hydrogen-bond acceptors (Lipinski definition) is 6. The van der Waals surface area contributed by atoms with Crippen LogP contribution in [0.4, 0.5) is 0 Å². The topological polar surface area (TPSA) is 74.2 Å². The highest BCUT2D eigenvalue weighted by Crippen LogP contribution is 2.45. The number of methoxy groups -OCH3 is 2. The molecule has 1 aromatic carbocycles. The number of para-hydroxylation sites is 1. The fourth-order valence-electron chi connectivity index (χ4n) is 3.89. The summed E-state index contributed by atoms with van der Waals surface area (Å²) in [6, 6.07) is 7.51. The molecule has 0 saturated heterocycles. The Balaban J connectivity index is 2.08. The molecular formula is C21H25NO5. The number of Topliss-reactive ketones (excluding diaryl/α,β-unsaturated/α-hetero) is 1. The minimum Gasteiger partial charge on any atom is -0.496 e. The number of hydrogen-bond donors (Lipinski definition) is 0. The van der Waals surface area contributed by atoms with Gasteiger partial charge in [0.2, 0.25) is 0 Å². The first-order valence-corrected chi connectivity index (χ1v) is 9.18. The van der Waals surface area contributed by atoms with E-state index in [1.54, 1.807) is 14.2 Å². The Labute approximate surface area is 159 Å². The quantitative estimate of drug-likeness (QED) is 0.567. The van der Waals surface area contributed by atoms with Gasteiger partial charge in [0.1, 0.15) is 18.3 Å². The molecule has 0 saturated carbocycles. The minimum absolute atomic E-state index is 0.0538. The maximum absolute atomic E-state index is 12.9. The zero-order valence-electron chi connectivity index (χ0n) is 16.0. The SMILES string of the molecule is COCCOC(=O)C1C(C)=NC2=C(C(=O)CCC2)[C@@H]1c1ccccc1OC. The molecule has 0 aromatic heterocycles. The molecule has 0 radical (unpaired) electrons. The van der Waals surface area contributed by atoms with Crippen LogP contribution in [0.3, 0.4) is 0 Å². The molecule has 1 aromatic rings. The van der Waals surface area contributed by atoms with Crippen LogP contribution in [0.1, 0.15) is 37.7 Å². The van der Waals surface area contributed by atoms with Crippen LogP contribution >= 0.6 is 0 Å². The van der Waals surface area contributed by atoms with Crippen molar-refractivity contribution in [3.05, 3.63) is 41.1 Å². The third kappa shape index (κ3) is 3.81. The average molecular weight is 371 g/mol. The van der Waals surface area contributed by atoms with Gasteiger partial charge in [-0.15, -0.1) is 0 Å². The van der Waals surface area contributed by atoms with Crippen LogP contribution in [0.2, 0.25) is 0 Å². The highest BCUT2D eigenvalue weighted by Gasteiger charge is 2.44. The number of rotatable bonds is 6. The fraction of sp³-hybridized carbons (Fsp3) is 0.476. The third-order valence-electron chi connectivity index (χ3n) is 5.09. The first-order chi connectivity index (χ1) is 13.1. The zero-order valence-corrected chi connectivity index (χ0v) is 16.0. The lowest BCUT2D eigenvalue weighted by molar-refractivity contribution is -0.147. The molecule has 0 bridgehead atoms. The summed E-state index contributed by atoms with van der Waals surface area (Å²) in [6.45, 7) is 2.31. The second-order valence-electron chi connectivity index (χ2n) is 6.75. The first kappa shape index (κ1) is 19.3. The van der Waals surface area contributed by atoms with Crippen LogP contribution in [0, 0.1) is 5.92 Å². The number of carbonyl (C=O) groups excluding carboxylic acids is 2. The number of nitrogens with zero attached hydrogens (tertiary/aromatic N) is 1. The molecule has 1 aliphatic carbocycles. The second-order valence-corrected chi connectivity index (χ2v) is 6.75. The predicted molar refractivity (Wildman–Crippen MR) is 101 cm³/mol. The van der Waals surface area contributed by atoms with Crippen molar-refractivity contribution < 1.29 is 23.8 Å². The number of allylic oxidation sites excluding steroid dienone is 2. The van der Waals surface area contributed by atoms with E-state index in [0.29, 0.717) is 30.1 Å². The van der Waals surface area contributed by atoms with E-state index in [0.717, 1.165) is 24.1 Å². The van der Waals surface area contributed by atoms with E-state index < -0.39 is 17.8 Å². The van der Waals surface area contributed by atoms with Gasteiger partial charge in [-0.1, -0.05) is 18.2 Å². The van der Waals surface area contributed by atoms with E-state index in [2.05, 4.69) is 4.99 Å². The maximum atomic E-state index is 12.9. The van der Waals surface area contributed by atoms with Gasteiger partial charge < -0.3 is 14.2 Å². The van der Waals surface area contributed by atoms with E-state index in [-0.39, 0.29) is 12.4 Å². The Kier molecular flexibility index (Phi) is 6.06. The van der Waals surface area contributed by atoms with Crippen molar-refractivity contribution in [3.8, 4) is 5.75 Å². The van der Waals surface area contributed by atoms with Gasteiger partial charge in [-0.3, -0.25) is 14.6 Å². The molecule has 2 atom stereocenters. The summed E-state index contributed by atoms with van der Waals surface area (Å²) < 4.78 is 15.9. The summed E-state index contributed by atoms with van der Waals surface area (Å²) in [7, 11) is 3.14. The summed E-state index contributed by atoms with van der Waals surface area (Å²) in [5, 5.41) is 0. The molecule has 0 spiro atoms. The van der Waals surface area contributed by atoms with Crippen LogP contribution in [0.25, 0.3) is 0 Å². The summed E-state index contributed by atoms with van der Waals surface area (Å²) in [4.78, 5) is 30.3. The first-order valence-electron chi connectivity index (χ1n) is 9.18. The van der Waals surface area contributed by atoms with Crippen molar-refractivity contribution in [2.24, 2.45) is 10.9 Å². The number of esters is 1. The molecule has 1 unspecified atom stereocenters. The zero-order chi connectivity index (χ0) is 19.4. The van der Waals surface area contributed by atoms with Gasteiger partial charge in [0, 0.05) is 42.0 Å². The van der Waals surface area contributed by atoms with Gasteiger partial charge in [0.25, 0.3) is 0 Å². The molecule has 2 aliphatic rings. The van der Waals surface area contributed by atoms with Crippen molar-refractivity contribution in [3.63, 3.8) is 0 Å². The van der Waals surface area contributed by atoms with Gasteiger partial charge in [-0.05, 0) is 25.8 Å². The van der Waals surface area contributed by atoms with Crippen molar-refractivity contribution >= 4 is 17.5 Å². The summed E-state index contributed by atoms with van der Waals surface area (Å²) in [5.41, 5.74) is 2.90. The lowest BCUT2D eigenvalue weighted by atomic mass is 9.71. The van der Waals surface area contributed by atoms with E-state index in [4.69, 9.17) is 14.2 Å². The standard InChI is InChI=1S/C21H25NO5/c1-13-18(21(24)27-12-11-25-2)19(14-7-4-5-10-17(14)26-3)20-15(22-13)8-6-9-16(20)23/h4-5,7,10,18-19H,6,8-9,11-12H2,1-3H3/t18?,19-/m1/s1. The maximum Gasteiger partial charge on any atom is 0.315 e. The summed E-state index contributed by atoms with van der Waals surface area (Å²) in [5.74, 6) is -0.792. The fourth-order valence-corrected chi connectivity index (χ4v) is 3.89. The molecule has 144 valence electrons. The monoisotopic (exact) mass is 371 g/mol. The van der Waals surface area contributed by atoms with Crippen molar-refractivity contribution in [1.29, 1.82) is 0 Å². The van der Waals surface area contributed by atoms with Gasteiger partial charge in [0.15, 0.2) is 5.78 Å². The number of ketones is 1. The van der Waals surface area contributed by atoms with E-state index in [1.807, 2.05) is 31.2 Å². The molecule has 1 aliphatic heterocycles. The van der Waals surface area contributed by atoms with E-state index >= 15 is 0 Å². The van der Waals surface area contributed by atoms with Crippen molar-refractivity contribution in [1.82, 2.24) is 0 Å². The molecule has 6 nitrogen and oxygen atoms in total. The number of carbonyl (C=O) groups is 2. The van der Waals surface area contributed by atoms with Gasteiger partial charge in [-0.25, -0.2) is 0 Å². The van der Waals surface area contributed by atoms with Crippen LogP contribution in [-0.2, 0) is 19.1 Å². The molecular weight excluding hydrogens is 346 g/mol. The largest absolute Gasteiger partial charge is 0.496 e. The summed E-state index contributed by atoms with van der Waals surface area (Å²) in [6.07, 6.45) is 2.01. The Hall–Kier alpha value is -2.47. The molecule has 0 amide bonds. The van der Waals surface area contributed by atoms with Crippen molar-refractivity contribution in [2.45, 2.75) is 32.1 Å². The molecule has 0 fully saturated rings. The van der Waals surface area contributed by atoms with E-state index in [9.17, 15) is 9.59 Å². The lowest BCUT2D eigenvalue weighted by Gasteiger charge is -2.35. The molecule has 3 rings (SSSR count). The molecule has 27 heavy (non-hydrogen) atoms. The van der Waals surface area contributed by atoms with Gasteiger partial charge >= 0.3 is 5.97 Å². The van der Waals surface area contributed by atoms with Crippen LogP contribution < -0.4 is 4.74 Å². The average Bonchev–Trinajstić information content (AvgIpc) is 2.67. The Morgan fingerprint density at radius 1 is 1.19 bits per heavy atom. The number of aliphatic imine (C=N–C) groups is 1. The molecule has 6 heteroatoms. The predicted octanol–water partition coefficient (Wildman–Crippen LogP) is 3.07. The minimum atomic E-state index is -0.654. The highest BCUT2D eigenvalue weighted by atomic mass is 16.6. The Morgan fingerprint density at radius 2 is 1.96 bits per heavy atom. The number of benzene rings is 1. The van der Waals surface area contributed by atoms with Crippen LogP contribution in [0.15, 0.2) is 40.5 Å². The molecule has 0 N–H and O–H groups in total. The normalized spacial score (nSPS) is 22.2. The smallest absolute Gasteiger partial charge is 0.315 e. The van der Waals surface area contributed by atoms with Gasteiger partial charge in [0.05, 0.1) is 13.7 Å². The van der Waals surface area contributed by atoms with Crippen LogP contribution in [0.5, 0.6) is 5.75 Å². The number of ether oxygens (including phenoxy) is 3. The van der Waals surface area contributed by atoms with Crippen LogP contribution in [-0.4, -0.2) is 44.9 Å².